The summed E-state index contributed by atoms with van der Waals surface area (Å²) in [6.45, 7) is 3.99. The number of halogens is 1. The smallest absolute Gasteiger partial charge is 0.225 e. The Labute approximate surface area is 127 Å². The maximum absolute atomic E-state index is 12.0. The molecule has 1 amide bonds. The summed E-state index contributed by atoms with van der Waals surface area (Å²) >= 11 is 3.36. The van der Waals surface area contributed by atoms with Crippen LogP contribution in [0.2, 0.25) is 0 Å². The standard InChI is InChI=1S/C16H17BrN2O/c1-11-5-3-4-6-13(11)7-8-15(20)19-16-12(2)9-14(17)10-18-16/h3-6,9-10H,7-8H2,1-2H3,(H,18,19,20). The molecule has 1 heterocycles. The number of hydrogen-bond donors (Lipinski definition) is 1. The molecule has 104 valence electrons. The summed E-state index contributed by atoms with van der Waals surface area (Å²) < 4.78 is 0.910. The van der Waals surface area contributed by atoms with Crippen LogP contribution in [0.1, 0.15) is 23.1 Å². The first-order chi connectivity index (χ1) is 9.56. The zero-order chi connectivity index (χ0) is 14.5. The van der Waals surface area contributed by atoms with Gasteiger partial charge >= 0.3 is 0 Å². The van der Waals surface area contributed by atoms with Crippen molar-refractivity contribution in [2.45, 2.75) is 26.7 Å². The first kappa shape index (κ1) is 14.7. The summed E-state index contributed by atoms with van der Waals surface area (Å²) in [4.78, 5) is 16.2. The van der Waals surface area contributed by atoms with Gasteiger partial charge in [0.25, 0.3) is 0 Å². The Morgan fingerprint density at radius 2 is 2.00 bits per heavy atom. The Hall–Kier alpha value is -1.68. The van der Waals surface area contributed by atoms with E-state index >= 15 is 0 Å². The van der Waals surface area contributed by atoms with Gasteiger partial charge in [-0.2, -0.15) is 0 Å². The van der Waals surface area contributed by atoms with Crippen molar-refractivity contribution in [1.29, 1.82) is 0 Å². The lowest BCUT2D eigenvalue weighted by molar-refractivity contribution is -0.116. The molecule has 0 bridgehead atoms. The lowest BCUT2D eigenvalue weighted by Crippen LogP contribution is -2.14. The molecule has 0 atom stereocenters. The minimum Gasteiger partial charge on any atom is -0.310 e. The van der Waals surface area contributed by atoms with Gasteiger partial charge in [0.05, 0.1) is 0 Å². The fourth-order valence-corrected chi connectivity index (χ4v) is 2.45. The number of aromatic nitrogens is 1. The van der Waals surface area contributed by atoms with Gasteiger partial charge in [-0.05, 0) is 59.0 Å². The van der Waals surface area contributed by atoms with Crippen LogP contribution in [0.4, 0.5) is 5.82 Å². The van der Waals surface area contributed by atoms with Gasteiger partial charge < -0.3 is 5.32 Å². The molecule has 0 spiro atoms. The summed E-state index contributed by atoms with van der Waals surface area (Å²) in [5.41, 5.74) is 3.38. The first-order valence-corrected chi connectivity index (χ1v) is 7.32. The Balaban J connectivity index is 1.94. The quantitative estimate of drug-likeness (QED) is 0.918. The molecule has 1 aromatic carbocycles. The van der Waals surface area contributed by atoms with Crippen molar-refractivity contribution in [3.8, 4) is 0 Å². The maximum atomic E-state index is 12.0. The molecule has 0 unspecified atom stereocenters. The van der Waals surface area contributed by atoms with Crippen molar-refractivity contribution >= 4 is 27.7 Å². The molecule has 2 rings (SSSR count). The fraction of sp³-hybridized carbons (Fsp3) is 0.250. The van der Waals surface area contributed by atoms with Crippen molar-refractivity contribution in [3.05, 3.63) is 57.7 Å². The van der Waals surface area contributed by atoms with Gasteiger partial charge in [-0.15, -0.1) is 0 Å². The highest BCUT2D eigenvalue weighted by Crippen LogP contribution is 2.17. The molecule has 2 aromatic rings. The van der Waals surface area contributed by atoms with E-state index in [1.165, 1.54) is 11.1 Å². The lowest BCUT2D eigenvalue weighted by atomic mass is 10.0. The van der Waals surface area contributed by atoms with Gasteiger partial charge in [0.2, 0.25) is 5.91 Å². The minimum absolute atomic E-state index is 0.00817. The monoisotopic (exact) mass is 332 g/mol. The summed E-state index contributed by atoms with van der Waals surface area (Å²) in [5.74, 6) is 0.620. The molecule has 0 saturated carbocycles. The Morgan fingerprint density at radius 3 is 2.70 bits per heavy atom. The number of aryl methyl sites for hydroxylation is 3. The van der Waals surface area contributed by atoms with Crippen molar-refractivity contribution in [3.63, 3.8) is 0 Å². The predicted octanol–water partition coefficient (Wildman–Crippen LogP) is 4.03. The van der Waals surface area contributed by atoms with Crippen LogP contribution in [0.3, 0.4) is 0 Å². The number of nitrogens with zero attached hydrogens (tertiary/aromatic N) is 1. The zero-order valence-corrected chi connectivity index (χ0v) is 13.2. The molecular weight excluding hydrogens is 316 g/mol. The van der Waals surface area contributed by atoms with Crippen LogP contribution >= 0.6 is 15.9 Å². The average molecular weight is 333 g/mol. The van der Waals surface area contributed by atoms with Crippen LogP contribution in [0, 0.1) is 13.8 Å². The summed E-state index contributed by atoms with van der Waals surface area (Å²) in [7, 11) is 0. The molecule has 0 aliphatic heterocycles. The minimum atomic E-state index is -0.00817. The van der Waals surface area contributed by atoms with E-state index in [0.29, 0.717) is 12.2 Å². The third kappa shape index (κ3) is 3.90. The van der Waals surface area contributed by atoms with Crippen molar-refractivity contribution < 1.29 is 4.79 Å². The van der Waals surface area contributed by atoms with Gasteiger partial charge in [0.1, 0.15) is 5.82 Å². The molecule has 0 aliphatic carbocycles. The second kappa shape index (κ2) is 6.66. The van der Waals surface area contributed by atoms with Gasteiger partial charge in [-0.3, -0.25) is 4.79 Å². The third-order valence-electron chi connectivity index (χ3n) is 3.19. The van der Waals surface area contributed by atoms with Gasteiger partial charge in [0.15, 0.2) is 0 Å². The normalized spacial score (nSPS) is 10.3. The Kier molecular flexibility index (Phi) is 4.90. The first-order valence-electron chi connectivity index (χ1n) is 6.53. The number of hydrogen-bond acceptors (Lipinski definition) is 2. The molecule has 1 N–H and O–H groups in total. The molecular formula is C16H17BrN2O. The molecule has 1 aromatic heterocycles. The number of nitrogens with one attached hydrogen (secondary N) is 1. The molecule has 0 aliphatic rings. The van der Waals surface area contributed by atoms with E-state index in [2.05, 4.69) is 45.3 Å². The van der Waals surface area contributed by atoms with Gasteiger partial charge in [-0.25, -0.2) is 4.98 Å². The van der Waals surface area contributed by atoms with Crippen LogP contribution in [0.25, 0.3) is 0 Å². The average Bonchev–Trinajstić information content (AvgIpc) is 2.41. The molecule has 0 radical (unpaired) electrons. The number of carbonyl (C=O) groups excluding carboxylic acids is 1. The van der Waals surface area contributed by atoms with Crippen LogP contribution in [0.15, 0.2) is 41.0 Å². The highest BCUT2D eigenvalue weighted by Gasteiger charge is 2.07. The van der Waals surface area contributed by atoms with Crippen molar-refractivity contribution in [1.82, 2.24) is 4.98 Å². The van der Waals surface area contributed by atoms with Crippen molar-refractivity contribution in [2.24, 2.45) is 0 Å². The SMILES string of the molecule is Cc1ccccc1CCC(=O)Nc1ncc(Br)cc1C. The van der Waals surface area contributed by atoms with E-state index in [-0.39, 0.29) is 5.91 Å². The topological polar surface area (TPSA) is 42.0 Å². The van der Waals surface area contributed by atoms with E-state index in [1.54, 1.807) is 6.20 Å². The Bertz CT molecular complexity index is 626. The van der Waals surface area contributed by atoms with E-state index in [4.69, 9.17) is 0 Å². The highest BCUT2D eigenvalue weighted by atomic mass is 79.9. The van der Waals surface area contributed by atoms with Gasteiger partial charge in [-0.1, -0.05) is 24.3 Å². The molecule has 4 heteroatoms. The summed E-state index contributed by atoms with van der Waals surface area (Å²) in [5, 5.41) is 2.86. The predicted molar refractivity (Wildman–Crippen MR) is 84.8 cm³/mol. The fourth-order valence-electron chi connectivity index (χ4n) is 2.00. The summed E-state index contributed by atoms with van der Waals surface area (Å²) in [6.07, 6.45) is 2.89. The second-order valence-corrected chi connectivity index (χ2v) is 5.71. The number of amides is 1. The van der Waals surface area contributed by atoms with E-state index < -0.39 is 0 Å². The molecule has 3 nitrogen and oxygen atoms in total. The van der Waals surface area contributed by atoms with Crippen LogP contribution in [-0.2, 0) is 11.2 Å². The van der Waals surface area contributed by atoms with Crippen LogP contribution in [0.5, 0.6) is 0 Å². The molecule has 0 saturated heterocycles. The van der Waals surface area contributed by atoms with E-state index in [0.717, 1.165) is 16.5 Å². The lowest BCUT2D eigenvalue weighted by Gasteiger charge is -2.08. The summed E-state index contributed by atoms with van der Waals surface area (Å²) in [6, 6.07) is 10.1. The maximum Gasteiger partial charge on any atom is 0.225 e. The number of carbonyl (C=O) groups is 1. The van der Waals surface area contributed by atoms with Crippen LogP contribution in [-0.4, -0.2) is 10.9 Å². The zero-order valence-electron chi connectivity index (χ0n) is 11.6. The number of rotatable bonds is 4. The highest BCUT2D eigenvalue weighted by molar-refractivity contribution is 9.10. The van der Waals surface area contributed by atoms with E-state index in [1.807, 2.05) is 25.1 Å². The van der Waals surface area contributed by atoms with E-state index in [9.17, 15) is 4.79 Å². The van der Waals surface area contributed by atoms with Gasteiger partial charge in [0, 0.05) is 17.1 Å². The van der Waals surface area contributed by atoms with Crippen LogP contribution < -0.4 is 5.32 Å². The number of anilines is 1. The molecule has 20 heavy (non-hydrogen) atoms. The second-order valence-electron chi connectivity index (χ2n) is 4.79. The number of pyridine rings is 1. The van der Waals surface area contributed by atoms with Crippen molar-refractivity contribution in [2.75, 3.05) is 5.32 Å². The number of benzene rings is 1. The molecule has 0 fully saturated rings. The largest absolute Gasteiger partial charge is 0.310 e. The Morgan fingerprint density at radius 1 is 1.25 bits per heavy atom. The third-order valence-corrected chi connectivity index (χ3v) is 3.62.